The molecule has 0 radical (unpaired) electrons. The zero-order chi connectivity index (χ0) is 35.1. The van der Waals surface area contributed by atoms with E-state index in [0.717, 1.165) is 0 Å². The zero-order valence-electron chi connectivity index (χ0n) is 26.0. The molecular formula is C30H40N10O8. The summed E-state index contributed by atoms with van der Waals surface area (Å²) in [6.07, 6.45) is 2.97. The number of aromatic amines is 1. The molecule has 1 fully saturated rings. The summed E-state index contributed by atoms with van der Waals surface area (Å²) >= 11 is 0. The predicted octanol–water partition coefficient (Wildman–Crippen LogP) is -2.86. The second-order valence-electron chi connectivity index (χ2n) is 11.1. The minimum atomic E-state index is -1.36. The highest BCUT2D eigenvalue weighted by atomic mass is 16.4. The van der Waals surface area contributed by atoms with Crippen molar-refractivity contribution >= 4 is 47.8 Å². The second kappa shape index (κ2) is 18.4. The van der Waals surface area contributed by atoms with Gasteiger partial charge in [-0.25, -0.2) is 4.98 Å². The maximum Gasteiger partial charge on any atom is 0.305 e. The van der Waals surface area contributed by atoms with E-state index >= 15 is 0 Å². The van der Waals surface area contributed by atoms with E-state index < -0.39 is 66.2 Å². The topological polar surface area (TPSA) is 293 Å². The zero-order valence-corrected chi connectivity index (χ0v) is 26.0. The number of hydrogen-bond donors (Lipinski definition) is 9. The Morgan fingerprint density at radius 2 is 1.65 bits per heavy atom. The Morgan fingerprint density at radius 3 is 2.25 bits per heavy atom. The van der Waals surface area contributed by atoms with E-state index in [2.05, 4.69) is 41.5 Å². The third kappa shape index (κ3) is 12.2. The van der Waals surface area contributed by atoms with Crippen LogP contribution in [0.5, 0.6) is 0 Å². The molecule has 258 valence electrons. The third-order valence-corrected chi connectivity index (χ3v) is 7.30. The number of aliphatic imine (C=N–C) groups is 1. The number of guanidine groups is 1. The lowest BCUT2D eigenvalue weighted by Gasteiger charge is -2.26. The van der Waals surface area contributed by atoms with Gasteiger partial charge in [-0.15, -0.1) is 0 Å². The first kappa shape index (κ1) is 36.7. The number of carboxylic acid groups (broad SMARTS) is 1. The van der Waals surface area contributed by atoms with Crippen LogP contribution in [0.3, 0.4) is 0 Å². The van der Waals surface area contributed by atoms with E-state index in [0.29, 0.717) is 11.3 Å². The van der Waals surface area contributed by atoms with E-state index in [1.54, 1.807) is 30.3 Å². The molecule has 5 atom stereocenters. The van der Waals surface area contributed by atoms with Crippen molar-refractivity contribution in [1.82, 2.24) is 36.6 Å². The number of benzene rings is 1. The van der Waals surface area contributed by atoms with Crippen LogP contribution in [-0.2, 0) is 46.4 Å². The number of nitrogens with zero attached hydrogens (tertiary/aromatic N) is 2. The molecule has 1 aliphatic rings. The summed E-state index contributed by atoms with van der Waals surface area (Å²) in [5, 5.41) is 21.9. The number of aldehydes is 1. The first-order valence-electron chi connectivity index (χ1n) is 15.2. The van der Waals surface area contributed by atoms with Crippen molar-refractivity contribution in [1.29, 1.82) is 0 Å². The van der Waals surface area contributed by atoms with Crippen LogP contribution in [0.15, 0.2) is 47.8 Å². The molecule has 11 N–H and O–H groups in total. The monoisotopic (exact) mass is 668 g/mol. The largest absolute Gasteiger partial charge is 0.481 e. The maximum atomic E-state index is 13.7. The SMILES string of the molecule is NC(N)=NCCC[C@H](NC(=O)[C@H](Cc1ccccc1)NC(=O)[C@@H]1CCC(=O)N1)C(=O)N[C@@H](Cc1cnc[nH]1)C(=O)N[C@H](C=O)CC(=O)O. The lowest BCUT2D eigenvalue weighted by Crippen LogP contribution is -2.59. The molecule has 0 aliphatic carbocycles. The minimum absolute atomic E-state index is 0.00735. The number of nitrogens with one attached hydrogen (secondary N) is 6. The Balaban J connectivity index is 1.83. The van der Waals surface area contributed by atoms with Crippen LogP contribution in [0.1, 0.15) is 43.4 Å². The number of carboxylic acids is 1. The fraction of sp³-hybridized carbons (Fsp3) is 0.433. The van der Waals surface area contributed by atoms with Gasteiger partial charge in [0.05, 0.1) is 18.8 Å². The number of hydrogen-bond acceptors (Lipinski definition) is 9. The standard InChI is InChI=1S/C30H40N10O8/c31-30(32)34-10-4-7-20(26(45)40-23(12-18-14-33-16-35-18)28(47)36-19(15-41)13-25(43)44)38-29(48)22(11-17-5-2-1-3-6-17)39-27(46)21-8-9-24(42)37-21/h1-3,5-6,14-16,19-23H,4,7-13H2,(H,33,35)(H,36,47)(H,37,42)(H,38,48)(H,39,46)(H,40,45)(H,43,44)(H4,31,32,34)/t19-,20-,21-,22-,23-/m0/s1. The van der Waals surface area contributed by atoms with Crippen molar-refractivity contribution in [3.8, 4) is 0 Å². The van der Waals surface area contributed by atoms with Gasteiger partial charge in [0.1, 0.15) is 30.5 Å². The predicted molar refractivity (Wildman–Crippen MR) is 170 cm³/mol. The average molecular weight is 669 g/mol. The molecule has 3 rings (SSSR count). The van der Waals surface area contributed by atoms with Gasteiger partial charge in [-0.05, 0) is 24.8 Å². The number of aromatic nitrogens is 2. The number of rotatable bonds is 19. The highest BCUT2D eigenvalue weighted by Gasteiger charge is 2.33. The number of carbonyl (C=O) groups is 7. The Labute approximate surface area is 275 Å². The molecule has 2 aromatic rings. The molecule has 2 heterocycles. The Bertz CT molecular complexity index is 1460. The second-order valence-corrected chi connectivity index (χ2v) is 11.1. The van der Waals surface area contributed by atoms with E-state index in [9.17, 15) is 33.6 Å². The molecule has 1 saturated heterocycles. The van der Waals surface area contributed by atoms with Gasteiger partial charge in [0, 0.05) is 37.7 Å². The van der Waals surface area contributed by atoms with E-state index in [-0.39, 0.29) is 63.2 Å². The number of H-pyrrole nitrogens is 1. The van der Waals surface area contributed by atoms with Gasteiger partial charge >= 0.3 is 5.97 Å². The number of imidazole rings is 1. The van der Waals surface area contributed by atoms with Crippen LogP contribution in [0.25, 0.3) is 0 Å². The van der Waals surface area contributed by atoms with Crippen molar-refractivity contribution < 1.29 is 38.7 Å². The summed E-state index contributed by atoms with van der Waals surface area (Å²) in [7, 11) is 0. The molecule has 0 bridgehead atoms. The Hall–Kier alpha value is -5.81. The summed E-state index contributed by atoms with van der Waals surface area (Å²) in [5.41, 5.74) is 12.0. The molecule has 48 heavy (non-hydrogen) atoms. The molecule has 18 nitrogen and oxygen atoms in total. The smallest absolute Gasteiger partial charge is 0.305 e. The maximum absolute atomic E-state index is 13.7. The highest BCUT2D eigenvalue weighted by Crippen LogP contribution is 2.10. The van der Waals surface area contributed by atoms with Gasteiger partial charge in [0.25, 0.3) is 0 Å². The number of aliphatic carboxylic acids is 1. The lowest BCUT2D eigenvalue weighted by atomic mass is 10.0. The van der Waals surface area contributed by atoms with Crippen LogP contribution in [0.4, 0.5) is 0 Å². The van der Waals surface area contributed by atoms with Crippen LogP contribution in [0.2, 0.25) is 0 Å². The number of amides is 5. The van der Waals surface area contributed by atoms with Crippen molar-refractivity contribution in [3.63, 3.8) is 0 Å². The van der Waals surface area contributed by atoms with E-state index in [1.807, 2.05) is 0 Å². The van der Waals surface area contributed by atoms with Crippen molar-refractivity contribution in [2.75, 3.05) is 6.54 Å². The Morgan fingerprint density at radius 1 is 0.979 bits per heavy atom. The molecule has 5 amide bonds. The van der Waals surface area contributed by atoms with Gasteiger partial charge in [-0.1, -0.05) is 30.3 Å². The van der Waals surface area contributed by atoms with Crippen LogP contribution < -0.4 is 38.1 Å². The fourth-order valence-corrected chi connectivity index (χ4v) is 4.89. The van der Waals surface area contributed by atoms with Crippen LogP contribution >= 0.6 is 0 Å². The van der Waals surface area contributed by atoms with Crippen molar-refractivity contribution in [3.05, 3.63) is 54.1 Å². The van der Waals surface area contributed by atoms with Crippen LogP contribution in [-0.4, -0.2) is 99.6 Å². The number of nitrogens with two attached hydrogens (primary N) is 2. The first-order chi connectivity index (χ1) is 22.9. The summed E-state index contributed by atoms with van der Waals surface area (Å²) in [6, 6.07) is 2.93. The molecule has 0 unspecified atom stereocenters. The Kier molecular flexibility index (Phi) is 14.0. The molecule has 0 spiro atoms. The van der Waals surface area contributed by atoms with Crippen LogP contribution in [0, 0.1) is 0 Å². The normalized spacial score (nSPS) is 16.2. The molecule has 1 aromatic carbocycles. The van der Waals surface area contributed by atoms with Crippen molar-refractivity contribution in [2.24, 2.45) is 16.5 Å². The van der Waals surface area contributed by atoms with Gasteiger partial charge in [-0.2, -0.15) is 0 Å². The number of carbonyl (C=O) groups excluding carboxylic acids is 6. The minimum Gasteiger partial charge on any atom is -0.481 e. The van der Waals surface area contributed by atoms with Gasteiger partial charge in [-0.3, -0.25) is 33.8 Å². The fourth-order valence-electron chi connectivity index (χ4n) is 4.89. The molecule has 1 aliphatic heterocycles. The first-order valence-corrected chi connectivity index (χ1v) is 15.2. The van der Waals surface area contributed by atoms with E-state index in [1.165, 1.54) is 12.5 Å². The lowest BCUT2D eigenvalue weighted by molar-refractivity contribution is -0.139. The third-order valence-electron chi connectivity index (χ3n) is 7.30. The highest BCUT2D eigenvalue weighted by molar-refractivity contribution is 5.96. The summed E-state index contributed by atoms with van der Waals surface area (Å²) < 4.78 is 0. The van der Waals surface area contributed by atoms with E-state index in [4.69, 9.17) is 16.6 Å². The summed E-state index contributed by atoms with van der Waals surface area (Å²) in [4.78, 5) is 98.5. The summed E-state index contributed by atoms with van der Waals surface area (Å²) in [6.45, 7) is 0.113. The average Bonchev–Trinajstić information content (AvgIpc) is 3.73. The van der Waals surface area contributed by atoms with Gasteiger partial charge in [0.2, 0.25) is 29.5 Å². The molecule has 0 saturated carbocycles. The molecule has 1 aromatic heterocycles. The van der Waals surface area contributed by atoms with Gasteiger partial charge < -0.3 is 52.9 Å². The molecular weight excluding hydrogens is 628 g/mol. The quantitative estimate of drug-likeness (QED) is 0.0317. The molecule has 18 heteroatoms. The summed E-state index contributed by atoms with van der Waals surface area (Å²) in [5.74, 6) is -4.70. The van der Waals surface area contributed by atoms with Gasteiger partial charge in [0.15, 0.2) is 5.96 Å². The van der Waals surface area contributed by atoms with Crippen molar-refractivity contribution in [2.45, 2.75) is 75.2 Å².